The van der Waals surface area contributed by atoms with E-state index in [9.17, 15) is 4.79 Å². The highest BCUT2D eigenvalue weighted by molar-refractivity contribution is 5.94. The predicted molar refractivity (Wildman–Crippen MR) is 70.5 cm³/mol. The van der Waals surface area contributed by atoms with E-state index in [0.29, 0.717) is 31.9 Å². The Hall–Kier alpha value is -1.59. The van der Waals surface area contributed by atoms with Gasteiger partial charge in [0.1, 0.15) is 5.75 Å². The van der Waals surface area contributed by atoms with Gasteiger partial charge in [-0.3, -0.25) is 4.79 Å². The molecule has 1 saturated heterocycles. The molecule has 0 radical (unpaired) electrons. The number of carbonyl (C=O) groups is 1. The van der Waals surface area contributed by atoms with Gasteiger partial charge in [-0.05, 0) is 24.3 Å². The highest BCUT2D eigenvalue weighted by atomic mass is 16.5. The van der Waals surface area contributed by atoms with Crippen LogP contribution in [0.2, 0.25) is 0 Å². The largest absolute Gasteiger partial charge is 0.497 e. The number of ether oxygens (including phenoxy) is 3. The lowest BCUT2D eigenvalue weighted by atomic mass is 10.1. The average Bonchev–Trinajstić information content (AvgIpc) is 2.47. The summed E-state index contributed by atoms with van der Waals surface area (Å²) >= 11 is 0. The monoisotopic (exact) mass is 265 g/mol. The van der Waals surface area contributed by atoms with Crippen molar-refractivity contribution < 1.29 is 19.0 Å². The van der Waals surface area contributed by atoms with Crippen molar-refractivity contribution >= 4 is 5.91 Å². The minimum atomic E-state index is -0.0200. The third-order valence-electron chi connectivity index (χ3n) is 3.18. The van der Waals surface area contributed by atoms with Crippen LogP contribution in [0.25, 0.3) is 0 Å². The summed E-state index contributed by atoms with van der Waals surface area (Å²) in [6, 6.07) is 7.12. The van der Waals surface area contributed by atoms with Gasteiger partial charge in [-0.2, -0.15) is 0 Å². The summed E-state index contributed by atoms with van der Waals surface area (Å²) in [5.74, 6) is 0.750. The summed E-state index contributed by atoms with van der Waals surface area (Å²) in [6.45, 7) is 2.18. The Morgan fingerprint density at radius 3 is 2.74 bits per heavy atom. The van der Waals surface area contributed by atoms with E-state index in [1.54, 1.807) is 38.5 Å². The summed E-state index contributed by atoms with van der Waals surface area (Å²) < 4.78 is 15.6. The number of methoxy groups -OCH3 is 2. The Morgan fingerprint density at radius 2 is 2.11 bits per heavy atom. The van der Waals surface area contributed by atoms with Gasteiger partial charge in [0.15, 0.2) is 0 Å². The Balaban J connectivity index is 2.11. The lowest BCUT2D eigenvalue weighted by molar-refractivity contribution is -0.0251. The molecule has 2 rings (SSSR count). The molecular weight excluding hydrogens is 246 g/mol. The normalized spacial score (nSPS) is 19.3. The number of carbonyl (C=O) groups excluding carboxylic acids is 1. The van der Waals surface area contributed by atoms with Crippen LogP contribution in [0.4, 0.5) is 0 Å². The number of hydrogen-bond donors (Lipinski definition) is 0. The van der Waals surface area contributed by atoms with Crippen molar-refractivity contribution in [1.29, 1.82) is 0 Å². The lowest BCUT2D eigenvalue weighted by Crippen LogP contribution is -2.50. The van der Waals surface area contributed by atoms with Crippen LogP contribution >= 0.6 is 0 Å². The summed E-state index contributed by atoms with van der Waals surface area (Å²) in [7, 11) is 3.23. The molecular formula is C14H19NO4. The first-order chi connectivity index (χ1) is 9.26. The van der Waals surface area contributed by atoms with Crippen LogP contribution in [0.15, 0.2) is 24.3 Å². The maximum absolute atomic E-state index is 12.5. The van der Waals surface area contributed by atoms with Crippen molar-refractivity contribution in [3.63, 3.8) is 0 Å². The van der Waals surface area contributed by atoms with Crippen molar-refractivity contribution in [2.24, 2.45) is 0 Å². The fraction of sp³-hybridized carbons (Fsp3) is 0.500. The topological polar surface area (TPSA) is 48.0 Å². The molecule has 0 aromatic heterocycles. The first-order valence-electron chi connectivity index (χ1n) is 6.28. The molecule has 0 aliphatic carbocycles. The van der Waals surface area contributed by atoms with Crippen LogP contribution in [0.3, 0.4) is 0 Å². The number of morpholine rings is 1. The second-order valence-electron chi connectivity index (χ2n) is 4.41. The Labute approximate surface area is 113 Å². The van der Waals surface area contributed by atoms with Crippen molar-refractivity contribution in [2.45, 2.75) is 6.04 Å². The van der Waals surface area contributed by atoms with Crippen LogP contribution in [-0.4, -0.2) is 57.4 Å². The fourth-order valence-electron chi connectivity index (χ4n) is 2.15. The van der Waals surface area contributed by atoms with Gasteiger partial charge in [-0.15, -0.1) is 0 Å². The van der Waals surface area contributed by atoms with Gasteiger partial charge < -0.3 is 19.1 Å². The van der Waals surface area contributed by atoms with E-state index in [1.807, 2.05) is 4.90 Å². The number of benzene rings is 1. The number of hydrogen-bond acceptors (Lipinski definition) is 4. The second kappa shape index (κ2) is 6.54. The van der Waals surface area contributed by atoms with Crippen LogP contribution in [0.1, 0.15) is 10.4 Å². The van der Waals surface area contributed by atoms with Gasteiger partial charge in [-0.1, -0.05) is 0 Å². The highest BCUT2D eigenvalue weighted by Crippen LogP contribution is 2.16. The van der Waals surface area contributed by atoms with Gasteiger partial charge >= 0.3 is 0 Å². The smallest absolute Gasteiger partial charge is 0.254 e. The molecule has 0 N–H and O–H groups in total. The van der Waals surface area contributed by atoms with Gasteiger partial charge in [0.05, 0.1) is 33.0 Å². The Kier molecular flexibility index (Phi) is 4.76. The molecule has 1 aromatic carbocycles. The molecule has 1 atom stereocenters. The fourth-order valence-corrected chi connectivity index (χ4v) is 2.15. The molecule has 1 heterocycles. The molecule has 19 heavy (non-hydrogen) atoms. The van der Waals surface area contributed by atoms with Crippen molar-refractivity contribution in [1.82, 2.24) is 4.90 Å². The van der Waals surface area contributed by atoms with E-state index >= 15 is 0 Å². The average molecular weight is 265 g/mol. The summed E-state index contributed by atoms with van der Waals surface area (Å²) in [4.78, 5) is 14.3. The quantitative estimate of drug-likeness (QED) is 0.820. The summed E-state index contributed by atoms with van der Waals surface area (Å²) in [5.41, 5.74) is 0.656. The zero-order valence-electron chi connectivity index (χ0n) is 11.3. The van der Waals surface area contributed by atoms with Crippen LogP contribution in [-0.2, 0) is 9.47 Å². The van der Waals surface area contributed by atoms with Gasteiger partial charge in [0.25, 0.3) is 5.91 Å². The van der Waals surface area contributed by atoms with Crippen molar-refractivity contribution in [3.05, 3.63) is 29.8 Å². The number of rotatable bonds is 4. The van der Waals surface area contributed by atoms with Gasteiger partial charge in [0.2, 0.25) is 0 Å². The molecule has 5 nitrogen and oxygen atoms in total. The molecule has 0 saturated carbocycles. The minimum absolute atomic E-state index is 0.00741. The van der Waals surface area contributed by atoms with Gasteiger partial charge in [-0.25, -0.2) is 0 Å². The Morgan fingerprint density at radius 1 is 1.37 bits per heavy atom. The third kappa shape index (κ3) is 3.24. The molecule has 1 amide bonds. The van der Waals surface area contributed by atoms with Crippen LogP contribution in [0, 0.1) is 0 Å². The Bertz CT molecular complexity index is 416. The summed E-state index contributed by atoms with van der Waals surface area (Å²) in [5, 5.41) is 0. The maximum Gasteiger partial charge on any atom is 0.254 e. The molecule has 1 aromatic rings. The van der Waals surface area contributed by atoms with Gasteiger partial charge in [0, 0.05) is 19.2 Å². The molecule has 1 aliphatic heterocycles. The zero-order chi connectivity index (χ0) is 13.7. The first kappa shape index (κ1) is 13.8. The SMILES string of the molecule is COCC1COCCN1C(=O)c1ccc(OC)cc1. The number of amides is 1. The molecule has 1 fully saturated rings. The van der Waals surface area contributed by atoms with E-state index in [0.717, 1.165) is 5.75 Å². The summed E-state index contributed by atoms with van der Waals surface area (Å²) in [6.07, 6.45) is 0. The molecule has 0 spiro atoms. The minimum Gasteiger partial charge on any atom is -0.497 e. The van der Waals surface area contributed by atoms with Crippen LogP contribution < -0.4 is 4.74 Å². The second-order valence-corrected chi connectivity index (χ2v) is 4.41. The zero-order valence-corrected chi connectivity index (χ0v) is 11.3. The first-order valence-corrected chi connectivity index (χ1v) is 6.28. The highest BCUT2D eigenvalue weighted by Gasteiger charge is 2.27. The molecule has 104 valence electrons. The molecule has 0 bridgehead atoms. The van der Waals surface area contributed by atoms with E-state index in [2.05, 4.69) is 0 Å². The molecule has 5 heteroatoms. The van der Waals surface area contributed by atoms with E-state index in [4.69, 9.17) is 14.2 Å². The van der Waals surface area contributed by atoms with Crippen LogP contribution in [0.5, 0.6) is 5.75 Å². The third-order valence-corrected chi connectivity index (χ3v) is 3.18. The number of nitrogens with zero attached hydrogens (tertiary/aromatic N) is 1. The van der Waals surface area contributed by atoms with Crippen molar-refractivity contribution in [3.8, 4) is 5.75 Å². The van der Waals surface area contributed by atoms with Crippen molar-refractivity contribution in [2.75, 3.05) is 40.6 Å². The predicted octanol–water partition coefficient (Wildman–Crippen LogP) is 1.18. The standard InChI is InChI=1S/C14H19NO4/c1-17-9-12-10-19-8-7-15(12)14(16)11-3-5-13(18-2)6-4-11/h3-6,12H,7-10H2,1-2H3. The molecule has 1 unspecified atom stereocenters. The van der Waals surface area contributed by atoms with E-state index < -0.39 is 0 Å². The molecule has 1 aliphatic rings. The van der Waals surface area contributed by atoms with E-state index in [-0.39, 0.29) is 11.9 Å². The van der Waals surface area contributed by atoms with E-state index in [1.165, 1.54) is 0 Å². The lowest BCUT2D eigenvalue weighted by Gasteiger charge is -2.35. The maximum atomic E-state index is 12.5.